The van der Waals surface area contributed by atoms with Gasteiger partial charge in [-0.05, 0) is 25.1 Å². The average molecular weight is 261 g/mol. The van der Waals surface area contributed by atoms with Crippen molar-refractivity contribution < 1.29 is 0 Å². The summed E-state index contributed by atoms with van der Waals surface area (Å²) in [5.74, 6) is 0. The summed E-state index contributed by atoms with van der Waals surface area (Å²) in [5.41, 5.74) is 2.78. The minimum absolute atomic E-state index is 1.02. The molecular formula is C9H12IN. The molecule has 0 aromatic heterocycles. The summed E-state index contributed by atoms with van der Waals surface area (Å²) in [6, 6.07) is 8.48. The van der Waals surface area contributed by atoms with E-state index < -0.39 is 0 Å². The van der Waals surface area contributed by atoms with Gasteiger partial charge in [0.05, 0.1) is 0 Å². The molecule has 0 N–H and O–H groups in total. The van der Waals surface area contributed by atoms with Gasteiger partial charge in [0, 0.05) is 29.4 Å². The molecule has 0 atom stereocenters. The van der Waals surface area contributed by atoms with Crippen LogP contribution in [0.25, 0.3) is 0 Å². The van der Waals surface area contributed by atoms with Crippen molar-refractivity contribution in [3.63, 3.8) is 0 Å². The molecular weight excluding hydrogens is 249 g/mol. The van der Waals surface area contributed by atoms with Crippen molar-refractivity contribution in [1.82, 2.24) is 3.11 Å². The maximum Gasteiger partial charge on any atom is 0.0331 e. The highest BCUT2D eigenvalue weighted by atomic mass is 127. The van der Waals surface area contributed by atoms with Gasteiger partial charge >= 0.3 is 0 Å². The van der Waals surface area contributed by atoms with Gasteiger partial charge in [-0.25, -0.2) is 3.11 Å². The van der Waals surface area contributed by atoms with Crippen molar-refractivity contribution in [3.05, 3.63) is 35.4 Å². The van der Waals surface area contributed by atoms with Gasteiger partial charge in [-0.2, -0.15) is 0 Å². The van der Waals surface area contributed by atoms with E-state index in [0.29, 0.717) is 0 Å². The smallest absolute Gasteiger partial charge is 0.0331 e. The zero-order valence-electron chi connectivity index (χ0n) is 6.84. The summed E-state index contributed by atoms with van der Waals surface area (Å²) in [6.45, 7) is 3.17. The Morgan fingerprint density at radius 1 is 1.36 bits per heavy atom. The molecule has 1 aromatic carbocycles. The number of benzene rings is 1. The van der Waals surface area contributed by atoms with Gasteiger partial charge in [-0.15, -0.1) is 0 Å². The van der Waals surface area contributed by atoms with E-state index in [0.717, 1.165) is 6.54 Å². The lowest BCUT2D eigenvalue weighted by Gasteiger charge is -2.09. The topological polar surface area (TPSA) is 3.24 Å². The molecule has 1 nitrogen and oxygen atoms in total. The van der Waals surface area contributed by atoms with Gasteiger partial charge in [-0.1, -0.05) is 24.3 Å². The van der Waals surface area contributed by atoms with Crippen LogP contribution < -0.4 is 0 Å². The first-order valence-electron chi connectivity index (χ1n) is 3.61. The first-order valence-corrected chi connectivity index (χ1v) is 4.58. The summed E-state index contributed by atoms with van der Waals surface area (Å²) >= 11 is 2.30. The molecule has 0 saturated carbocycles. The molecule has 0 aliphatic carbocycles. The summed E-state index contributed by atoms with van der Waals surface area (Å²) in [6.07, 6.45) is 0. The monoisotopic (exact) mass is 261 g/mol. The third-order valence-electron chi connectivity index (χ3n) is 1.65. The van der Waals surface area contributed by atoms with Crippen LogP contribution in [-0.4, -0.2) is 10.2 Å². The van der Waals surface area contributed by atoms with Gasteiger partial charge < -0.3 is 0 Å². The van der Waals surface area contributed by atoms with Gasteiger partial charge in [-0.3, -0.25) is 0 Å². The van der Waals surface area contributed by atoms with Crippen LogP contribution in [0.5, 0.6) is 0 Å². The van der Waals surface area contributed by atoms with E-state index in [1.165, 1.54) is 11.1 Å². The summed E-state index contributed by atoms with van der Waals surface area (Å²) in [7, 11) is 2.08. The lowest BCUT2D eigenvalue weighted by Crippen LogP contribution is -2.04. The van der Waals surface area contributed by atoms with Gasteiger partial charge in [0.15, 0.2) is 0 Å². The Morgan fingerprint density at radius 2 is 2.00 bits per heavy atom. The van der Waals surface area contributed by atoms with E-state index in [1.54, 1.807) is 0 Å². The Kier molecular flexibility index (Phi) is 3.33. The molecule has 0 saturated heterocycles. The van der Waals surface area contributed by atoms with Crippen LogP contribution in [0.15, 0.2) is 24.3 Å². The zero-order valence-corrected chi connectivity index (χ0v) is 9.00. The number of halogens is 1. The molecule has 0 aliphatic heterocycles. The molecule has 2 heteroatoms. The quantitative estimate of drug-likeness (QED) is 0.584. The number of hydrogen-bond donors (Lipinski definition) is 0. The SMILES string of the molecule is Cc1ccccc1CN(C)I. The summed E-state index contributed by atoms with van der Waals surface area (Å²) in [5, 5.41) is 0. The number of hydrogen-bond acceptors (Lipinski definition) is 1. The van der Waals surface area contributed by atoms with Crippen LogP contribution in [0.2, 0.25) is 0 Å². The minimum Gasteiger partial charge on any atom is -0.246 e. The molecule has 0 unspecified atom stereocenters. The van der Waals surface area contributed by atoms with Crippen molar-refractivity contribution in [2.24, 2.45) is 0 Å². The van der Waals surface area contributed by atoms with E-state index in [1.807, 2.05) is 0 Å². The van der Waals surface area contributed by atoms with Crippen molar-refractivity contribution in [1.29, 1.82) is 0 Å². The lowest BCUT2D eigenvalue weighted by atomic mass is 10.1. The highest BCUT2D eigenvalue weighted by Crippen LogP contribution is 2.10. The fourth-order valence-electron chi connectivity index (χ4n) is 1.02. The minimum atomic E-state index is 1.02. The van der Waals surface area contributed by atoms with Crippen LogP contribution in [0.1, 0.15) is 11.1 Å². The van der Waals surface area contributed by atoms with E-state index >= 15 is 0 Å². The van der Waals surface area contributed by atoms with Crippen molar-refractivity contribution in [2.45, 2.75) is 13.5 Å². The molecule has 0 aliphatic rings. The molecule has 0 heterocycles. The molecule has 0 radical (unpaired) electrons. The fourth-order valence-corrected chi connectivity index (χ4v) is 1.39. The zero-order chi connectivity index (χ0) is 8.27. The Balaban J connectivity index is 2.78. The standard InChI is InChI=1S/C9H12IN/c1-8-5-3-4-6-9(8)7-11(2)10/h3-6H,7H2,1-2H3. The first-order chi connectivity index (χ1) is 5.20. The number of rotatable bonds is 2. The second-order valence-electron chi connectivity index (χ2n) is 2.69. The first kappa shape index (κ1) is 9.00. The van der Waals surface area contributed by atoms with Crippen LogP contribution in [0, 0.1) is 6.92 Å². The fraction of sp³-hybridized carbons (Fsp3) is 0.333. The number of aryl methyl sites for hydroxylation is 1. The van der Waals surface area contributed by atoms with Crippen LogP contribution in [0.4, 0.5) is 0 Å². The Hall–Kier alpha value is -0.0900. The van der Waals surface area contributed by atoms with Crippen LogP contribution in [0.3, 0.4) is 0 Å². The molecule has 1 rings (SSSR count). The van der Waals surface area contributed by atoms with E-state index in [2.05, 4.69) is 64.2 Å². The lowest BCUT2D eigenvalue weighted by molar-refractivity contribution is 0.608. The van der Waals surface area contributed by atoms with E-state index in [4.69, 9.17) is 0 Å². The molecule has 0 fully saturated rings. The van der Waals surface area contributed by atoms with Gasteiger partial charge in [0.2, 0.25) is 0 Å². The molecule has 60 valence electrons. The molecule has 0 amide bonds. The predicted molar refractivity (Wildman–Crippen MR) is 56.7 cm³/mol. The predicted octanol–water partition coefficient (Wildman–Crippen LogP) is 2.78. The van der Waals surface area contributed by atoms with E-state index in [9.17, 15) is 0 Å². The van der Waals surface area contributed by atoms with Crippen molar-refractivity contribution >= 4 is 22.9 Å². The van der Waals surface area contributed by atoms with Crippen LogP contribution >= 0.6 is 22.9 Å². The van der Waals surface area contributed by atoms with Gasteiger partial charge in [0.25, 0.3) is 0 Å². The number of nitrogens with zero attached hydrogens (tertiary/aromatic N) is 1. The second kappa shape index (κ2) is 4.07. The largest absolute Gasteiger partial charge is 0.246 e. The van der Waals surface area contributed by atoms with Gasteiger partial charge in [0.1, 0.15) is 0 Å². The maximum atomic E-state index is 2.30. The Bertz CT molecular complexity index is 233. The van der Waals surface area contributed by atoms with E-state index in [-0.39, 0.29) is 0 Å². The Morgan fingerprint density at radius 3 is 2.55 bits per heavy atom. The molecule has 11 heavy (non-hydrogen) atoms. The maximum absolute atomic E-state index is 2.30. The second-order valence-corrected chi connectivity index (χ2v) is 4.34. The van der Waals surface area contributed by atoms with Crippen molar-refractivity contribution in [2.75, 3.05) is 7.05 Å². The third kappa shape index (κ3) is 2.79. The molecule has 1 aromatic rings. The normalized spacial score (nSPS) is 10.5. The highest BCUT2D eigenvalue weighted by molar-refractivity contribution is 14.1. The van der Waals surface area contributed by atoms with Crippen LogP contribution in [-0.2, 0) is 6.54 Å². The average Bonchev–Trinajstić information content (AvgIpc) is 1.93. The highest BCUT2D eigenvalue weighted by Gasteiger charge is 1.97. The summed E-state index contributed by atoms with van der Waals surface area (Å²) in [4.78, 5) is 0. The third-order valence-corrected chi connectivity index (χ3v) is 1.99. The summed E-state index contributed by atoms with van der Waals surface area (Å²) < 4.78 is 2.15. The Labute approximate surface area is 81.9 Å². The molecule has 0 bridgehead atoms. The van der Waals surface area contributed by atoms with Crippen molar-refractivity contribution in [3.8, 4) is 0 Å². The molecule has 0 spiro atoms.